The number of anilines is 2. The average Bonchev–Trinajstić information content (AvgIpc) is 2.70. The Morgan fingerprint density at radius 1 is 0.879 bits per heavy atom. The van der Waals surface area contributed by atoms with Crippen LogP contribution in [0.4, 0.5) is 11.4 Å². The highest BCUT2D eigenvalue weighted by molar-refractivity contribution is 7.86. The third-order valence-corrected chi connectivity index (χ3v) is 6.12. The molecule has 0 aromatic heterocycles. The van der Waals surface area contributed by atoms with E-state index in [1.807, 2.05) is 0 Å². The fourth-order valence-corrected chi connectivity index (χ4v) is 4.13. The van der Waals surface area contributed by atoms with E-state index in [-0.39, 0.29) is 33.3 Å². The summed E-state index contributed by atoms with van der Waals surface area (Å²) in [6.45, 7) is 0. The number of phenolic OH excluding ortho intramolecular Hbond substituents is 1. The van der Waals surface area contributed by atoms with Crippen LogP contribution in [-0.4, -0.2) is 50.0 Å². The minimum atomic E-state index is -4.83. The number of nitrogens with one attached hydrogen (secondary N) is 1. The summed E-state index contributed by atoms with van der Waals surface area (Å²) in [7, 11) is -8.49. The molecular weight excluding hydrogens is 480 g/mol. The van der Waals surface area contributed by atoms with Crippen molar-refractivity contribution in [3.63, 3.8) is 0 Å². The minimum Gasteiger partial charge on any atom is -0.507 e. The predicted octanol–water partition coefficient (Wildman–Crippen LogP) is 1.66. The number of rotatable bonds is 5. The first-order valence-electron chi connectivity index (χ1n) is 8.76. The van der Waals surface area contributed by atoms with Crippen LogP contribution in [0.3, 0.4) is 0 Å². The van der Waals surface area contributed by atoms with E-state index in [0.717, 1.165) is 31.4 Å². The van der Waals surface area contributed by atoms with Crippen molar-refractivity contribution in [1.29, 1.82) is 0 Å². The number of benzene rings is 3. The molecule has 174 valence electrons. The van der Waals surface area contributed by atoms with Crippen LogP contribution >= 0.6 is 0 Å². The van der Waals surface area contributed by atoms with Gasteiger partial charge in [-0.05, 0) is 41.8 Å². The third kappa shape index (κ3) is 5.04. The molecule has 0 unspecified atom stereocenters. The van der Waals surface area contributed by atoms with Crippen LogP contribution in [0.2, 0.25) is 0 Å². The lowest BCUT2D eigenvalue weighted by Crippen LogP contribution is -2.15. The highest BCUT2D eigenvalue weighted by Crippen LogP contribution is 2.37. The Kier molecular flexibility index (Phi) is 6.04. The molecule has 0 aliphatic carbocycles. The predicted molar refractivity (Wildman–Crippen MR) is 115 cm³/mol. The summed E-state index contributed by atoms with van der Waals surface area (Å²) >= 11 is 0. The van der Waals surface area contributed by atoms with Crippen LogP contribution in [0.1, 0.15) is 20.7 Å². The van der Waals surface area contributed by atoms with Gasteiger partial charge in [0.1, 0.15) is 5.75 Å². The van der Waals surface area contributed by atoms with Crippen molar-refractivity contribution < 1.29 is 45.4 Å². The molecule has 12 nitrogen and oxygen atoms in total. The van der Waals surface area contributed by atoms with Crippen molar-refractivity contribution in [3.8, 4) is 5.75 Å². The Hall–Kier alpha value is -3.72. The Balaban J connectivity index is 2.21. The molecule has 1 amide bonds. The molecule has 0 saturated heterocycles. The molecule has 0 bridgehead atoms. The zero-order chi connectivity index (χ0) is 24.7. The van der Waals surface area contributed by atoms with E-state index in [1.165, 1.54) is 12.1 Å². The van der Waals surface area contributed by atoms with Gasteiger partial charge in [-0.1, -0.05) is 0 Å². The van der Waals surface area contributed by atoms with Gasteiger partial charge in [0.25, 0.3) is 26.1 Å². The summed E-state index contributed by atoms with van der Waals surface area (Å²) in [4.78, 5) is 23.1. The van der Waals surface area contributed by atoms with Crippen LogP contribution in [-0.2, 0) is 25.0 Å². The third-order valence-electron chi connectivity index (χ3n) is 4.46. The van der Waals surface area contributed by atoms with E-state index in [4.69, 9.17) is 5.73 Å². The Labute approximate surface area is 187 Å². The number of carbonyl (C=O) groups excluding carboxylic acids is 2. The van der Waals surface area contributed by atoms with Gasteiger partial charge in [-0.15, -0.1) is 0 Å². The molecule has 0 spiro atoms. The Morgan fingerprint density at radius 2 is 1.42 bits per heavy atom. The maximum Gasteiger partial charge on any atom is 0.337 e. The second-order valence-corrected chi connectivity index (χ2v) is 9.59. The summed E-state index contributed by atoms with van der Waals surface area (Å²) in [6, 6.07) is 6.83. The largest absolute Gasteiger partial charge is 0.507 e. The van der Waals surface area contributed by atoms with Gasteiger partial charge in [0, 0.05) is 22.7 Å². The molecule has 0 heterocycles. The van der Waals surface area contributed by atoms with E-state index in [0.29, 0.717) is 6.07 Å². The molecule has 0 aliphatic heterocycles. The summed E-state index contributed by atoms with van der Waals surface area (Å²) in [5.41, 5.74) is 5.26. The van der Waals surface area contributed by atoms with Gasteiger partial charge < -0.3 is 20.9 Å². The fourth-order valence-electron chi connectivity index (χ4n) is 3.05. The van der Waals surface area contributed by atoms with E-state index >= 15 is 0 Å². The molecule has 6 N–H and O–H groups in total. The highest BCUT2D eigenvalue weighted by atomic mass is 32.2. The zero-order valence-electron chi connectivity index (χ0n) is 16.6. The molecule has 0 fully saturated rings. The molecule has 0 saturated carbocycles. The van der Waals surface area contributed by atoms with E-state index in [1.54, 1.807) is 0 Å². The number of aromatic hydroxyl groups is 1. The lowest BCUT2D eigenvalue weighted by atomic mass is 10.1. The van der Waals surface area contributed by atoms with Crippen molar-refractivity contribution in [2.24, 2.45) is 0 Å². The van der Waals surface area contributed by atoms with Gasteiger partial charge in [-0.2, -0.15) is 16.8 Å². The smallest absolute Gasteiger partial charge is 0.337 e. The maximum absolute atomic E-state index is 12.8. The van der Waals surface area contributed by atoms with Crippen LogP contribution in [0.15, 0.2) is 52.3 Å². The zero-order valence-corrected chi connectivity index (χ0v) is 18.3. The first kappa shape index (κ1) is 23.9. The number of carbonyl (C=O) groups is 2. The standard InChI is InChI=1S/C19H16N2O10S2/c1-31-19(24)11-2-10(3-12(20)4-11)18(23)21-15-7-13(32(25,26)27)5-9-6-14(33(28,29)30)8-16(22)17(9)15/h2-8,22H,20H2,1H3,(H,21,23)(H,25,26,27)(H,28,29,30). The molecule has 3 aromatic rings. The van der Waals surface area contributed by atoms with E-state index < -0.39 is 47.7 Å². The average molecular weight is 496 g/mol. The fraction of sp³-hybridized carbons (Fsp3) is 0.0526. The SMILES string of the molecule is COC(=O)c1cc(N)cc(C(=O)Nc2cc(S(=O)(=O)O)cc3cc(S(=O)(=O)O)cc(O)c23)c1. The van der Waals surface area contributed by atoms with Crippen LogP contribution in [0, 0.1) is 0 Å². The minimum absolute atomic E-state index is 0.0418. The van der Waals surface area contributed by atoms with Gasteiger partial charge >= 0.3 is 5.97 Å². The molecule has 3 rings (SSSR count). The molecular formula is C19H16N2O10S2. The van der Waals surface area contributed by atoms with Crippen molar-refractivity contribution in [3.05, 3.63) is 53.6 Å². The molecule has 0 radical (unpaired) electrons. The van der Waals surface area contributed by atoms with Crippen molar-refractivity contribution in [1.82, 2.24) is 0 Å². The number of fused-ring (bicyclic) bond motifs is 1. The van der Waals surface area contributed by atoms with Crippen molar-refractivity contribution in [2.75, 3.05) is 18.2 Å². The summed E-state index contributed by atoms with van der Waals surface area (Å²) in [5, 5.41) is 12.2. The van der Waals surface area contributed by atoms with Crippen LogP contribution in [0.5, 0.6) is 5.75 Å². The van der Waals surface area contributed by atoms with Crippen LogP contribution < -0.4 is 11.1 Å². The number of amides is 1. The number of methoxy groups -OCH3 is 1. The second-order valence-electron chi connectivity index (χ2n) is 6.75. The van der Waals surface area contributed by atoms with Gasteiger partial charge in [-0.3, -0.25) is 13.9 Å². The number of nitrogens with two attached hydrogens (primary N) is 1. The number of esters is 1. The summed E-state index contributed by atoms with van der Waals surface area (Å²) < 4.78 is 69.6. The quantitative estimate of drug-likeness (QED) is 0.195. The molecule has 14 heteroatoms. The van der Waals surface area contributed by atoms with Crippen molar-refractivity contribution >= 4 is 54.3 Å². The van der Waals surface area contributed by atoms with E-state index in [2.05, 4.69) is 10.1 Å². The molecule has 0 aliphatic rings. The maximum atomic E-state index is 12.8. The lowest BCUT2D eigenvalue weighted by Gasteiger charge is -2.14. The number of hydrogen-bond acceptors (Lipinski definition) is 9. The topological polar surface area (TPSA) is 210 Å². The van der Waals surface area contributed by atoms with Gasteiger partial charge in [0.15, 0.2) is 0 Å². The lowest BCUT2D eigenvalue weighted by molar-refractivity contribution is 0.0600. The monoisotopic (exact) mass is 496 g/mol. The normalized spacial score (nSPS) is 11.8. The van der Waals surface area contributed by atoms with Gasteiger partial charge in [0.05, 0.1) is 28.2 Å². The van der Waals surface area contributed by atoms with Gasteiger partial charge in [0.2, 0.25) is 0 Å². The first-order chi connectivity index (χ1) is 15.2. The Morgan fingerprint density at radius 3 is 1.97 bits per heavy atom. The highest BCUT2D eigenvalue weighted by Gasteiger charge is 2.21. The first-order valence-corrected chi connectivity index (χ1v) is 11.6. The van der Waals surface area contributed by atoms with Crippen molar-refractivity contribution in [2.45, 2.75) is 9.79 Å². The van der Waals surface area contributed by atoms with Gasteiger partial charge in [-0.25, -0.2) is 4.79 Å². The van der Waals surface area contributed by atoms with Crippen LogP contribution in [0.25, 0.3) is 10.8 Å². The number of hydrogen-bond donors (Lipinski definition) is 5. The second kappa shape index (κ2) is 8.32. The summed E-state index contributed by atoms with van der Waals surface area (Å²) in [6.07, 6.45) is 0. The molecule has 33 heavy (non-hydrogen) atoms. The summed E-state index contributed by atoms with van der Waals surface area (Å²) in [5.74, 6) is -2.38. The Bertz CT molecular complexity index is 1520. The number of ether oxygens (including phenoxy) is 1. The molecule has 3 aromatic carbocycles. The van der Waals surface area contributed by atoms with E-state index in [9.17, 15) is 40.6 Å². The molecule has 0 atom stereocenters. The number of phenols is 1. The number of nitrogen functional groups attached to an aromatic ring is 1.